The van der Waals surface area contributed by atoms with Gasteiger partial charge in [-0.3, -0.25) is 9.59 Å². The highest BCUT2D eigenvalue weighted by atomic mass is 16.5. The summed E-state index contributed by atoms with van der Waals surface area (Å²) in [6.07, 6.45) is 83.5. The fraction of sp³-hybridized carbons (Fsp3) is 0.886. The second-order valence-electron chi connectivity index (χ2n) is 23.5. The van der Waals surface area contributed by atoms with Crippen molar-refractivity contribution in [3.05, 3.63) is 36.5 Å². The molecule has 0 aromatic heterocycles. The normalized spacial score (nSPS) is 12.7. The second-order valence-corrected chi connectivity index (χ2v) is 23.5. The highest BCUT2D eigenvalue weighted by Gasteiger charge is 2.18. The van der Waals surface area contributed by atoms with Crippen molar-refractivity contribution in [1.29, 1.82) is 0 Å². The number of hydrogen-bond donors (Lipinski definition) is 3. The molecule has 6 nitrogen and oxygen atoms in total. The molecule has 3 N–H and O–H groups in total. The number of unbranched alkanes of at least 4 members (excludes halogenated alkanes) is 49. The van der Waals surface area contributed by atoms with Crippen LogP contribution in [0.15, 0.2) is 36.5 Å². The van der Waals surface area contributed by atoms with E-state index in [4.69, 9.17) is 4.74 Å². The number of aliphatic hydroxyl groups excluding tert-OH is 2. The van der Waals surface area contributed by atoms with Gasteiger partial charge in [0, 0.05) is 12.8 Å². The summed E-state index contributed by atoms with van der Waals surface area (Å²) >= 11 is 0. The van der Waals surface area contributed by atoms with Crippen LogP contribution < -0.4 is 5.32 Å². The first-order chi connectivity index (χ1) is 37.5. The fourth-order valence-corrected chi connectivity index (χ4v) is 10.7. The van der Waals surface area contributed by atoms with E-state index in [0.29, 0.717) is 19.4 Å². The fourth-order valence-electron chi connectivity index (χ4n) is 10.7. The second kappa shape index (κ2) is 65.6. The SMILES string of the molecule is CCCCCCCCCCCCCCCCCCCCCCC/C=C/C(O)C(CO)NC(=O)CCCCCCCCC/C=C\C/C=C\CCCCCCCCCCCOC(=O)CCCCCCCCCCCCCCC. The van der Waals surface area contributed by atoms with E-state index in [2.05, 4.69) is 43.5 Å². The molecule has 0 radical (unpaired) electrons. The zero-order valence-corrected chi connectivity index (χ0v) is 51.3. The van der Waals surface area contributed by atoms with Gasteiger partial charge in [0.1, 0.15) is 0 Å². The Morgan fingerprint density at radius 3 is 1.00 bits per heavy atom. The lowest BCUT2D eigenvalue weighted by molar-refractivity contribution is -0.143. The number of allylic oxidation sites excluding steroid dienone is 5. The van der Waals surface area contributed by atoms with E-state index >= 15 is 0 Å². The predicted molar refractivity (Wildman–Crippen MR) is 333 cm³/mol. The lowest BCUT2D eigenvalue weighted by Gasteiger charge is -2.20. The molecule has 0 fully saturated rings. The van der Waals surface area contributed by atoms with Crippen molar-refractivity contribution < 1.29 is 24.5 Å². The maximum Gasteiger partial charge on any atom is 0.305 e. The maximum absolute atomic E-state index is 12.5. The van der Waals surface area contributed by atoms with Crippen LogP contribution in [-0.4, -0.2) is 47.4 Å². The van der Waals surface area contributed by atoms with Crippen molar-refractivity contribution in [2.75, 3.05) is 13.2 Å². The topological polar surface area (TPSA) is 95.9 Å². The summed E-state index contributed by atoms with van der Waals surface area (Å²) in [6.45, 7) is 4.93. The van der Waals surface area contributed by atoms with Gasteiger partial charge in [0.05, 0.1) is 25.4 Å². The molecular weight excluding hydrogens is 935 g/mol. The zero-order chi connectivity index (χ0) is 55.0. The molecule has 0 aliphatic carbocycles. The summed E-state index contributed by atoms with van der Waals surface area (Å²) < 4.78 is 5.48. The first kappa shape index (κ1) is 74.1. The molecule has 0 aliphatic rings. The summed E-state index contributed by atoms with van der Waals surface area (Å²) in [5, 5.41) is 23.2. The van der Waals surface area contributed by atoms with Crippen molar-refractivity contribution in [1.82, 2.24) is 5.32 Å². The van der Waals surface area contributed by atoms with Crippen molar-refractivity contribution in [3.8, 4) is 0 Å². The van der Waals surface area contributed by atoms with Gasteiger partial charge in [-0.2, -0.15) is 0 Å². The molecule has 76 heavy (non-hydrogen) atoms. The summed E-state index contributed by atoms with van der Waals surface area (Å²) in [5.74, 6) is -0.0664. The minimum absolute atomic E-state index is 0.00848. The number of carbonyl (C=O) groups is 2. The van der Waals surface area contributed by atoms with Gasteiger partial charge in [0.15, 0.2) is 0 Å². The third kappa shape index (κ3) is 61.3. The number of esters is 1. The summed E-state index contributed by atoms with van der Waals surface area (Å²) in [4.78, 5) is 24.6. The standard InChI is InChI=1S/C70H133NO5/c1-3-5-7-9-11-13-15-17-18-19-20-21-23-26-29-32-35-39-42-46-50-54-58-62-68(73)67(66-72)71-69(74)63-59-55-51-47-43-40-36-33-30-27-24-22-25-28-31-34-37-41-45-49-53-57-61-65-76-70(75)64-60-56-52-48-44-38-16-14-12-10-8-6-4-2/h22,25,27,30,58,62,67-68,72-73H,3-21,23-24,26,28-29,31-57,59-61,63-66H2,1-2H3,(H,71,74)/b25-22-,30-27-,62-58+. The minimum Gasteiger partial charge on any atom is -0.466 e. The van der Waals surface area contributed by atoms with Gasteiger partial charge in [-0.25, -0.2) is 0 Å². The average molecular weight is 1070 g/mol. The Morgan fingerprint density at radius 2 is 0.658 bits per heavy atom. The number of ether oxygens (including phenoxy) is 1. The van der Waals surface area contributed by atoms with Crippen molar-refractivity contribution in [2.45, 2.75) is 386 Å². The lowest BCUT2D eigenvalue weighted by Crippen LogP contribution is -2.45. The third-order valence-electron chi connectivity index (χ3n) is 15.9. The van der Waals surface area contributed by atoms with Crippen LogP contribution in [0.5, 0.6) is 0 Å². The van der Waals surface area contributed by atoms with Crippen LogP contribution in [-0.2, 0) is 14.3 Å². The molecule has 0 saturated carbocycles. The minimum atomic E-state index is -0.853. The van der Waals surface area contributed by atoms with E-state index in [0.717, 1.165) is 57.8 Å². The first-order valence-electron chi connectivity index (χ1n) is 34.3. The molecule has 2 atom stereocenters. The molecule has 1 amide bonds. The molecule has 0 heterocycles. The van der Waals surface area contributed by atoms with Crippen molar-refractivity contribution in [2.24, 2.45) is 0 Å². The number of rotatable bonds is 64. The monoisotopic (exact) mass is 1070 g/mol. The van der Waals surface area contributed by atoms with Crippen LogP contribution in [0.25, 0.3) is 0 Å². The average Bonchev–Trinajstić information content (AvgIpc) is 3.42. The van der Waals surface area contributed by atoms with Crippen LogP contribution in [0.2, 0.25) is 0 Å². The molecule has 0 rings (SSSR count). The maximum atomic E-state index is 12.5. The number of nitrogens with one attached hydrogen (secondary N) is 1. The lowest BCUT2D eigenvalue weighted by atomic mass is 10.0. The molecule has 0 saturated heterocycles. The third-order valence-corrected chi connectivity index (χ3v) is 15.9. The van der Waals surface area contributed by atoms with Crippen LogP contribution in [0, 0.1) is 0 Å². The molecule has 448 valence electrons. The Balaban J connectivity index is 3.47. The number of hydrogen-bond acceptors (Lipinski definition) is 5. The van der Waals surface area contributed by atoms with Gasteiger partial charge in [0.25, 0.3) is 0 Å². The highest BCUT2D eigenvalue weighted by molar-refractivity contribution is 5.76. The largest absolute Gasteiger partial charge is 0.466 e. The van der Waals surface area contributed by atoms with Gasteiger partial charge < -0.3 is 20.3 Å². The molecule has 2 unspecified atom stereocenters. The Labute approximate surface area is 474 Å². The summed E-state index contributed by atoms with van der Waals surface area (Å²) in [5.41, 5.74) is 0. The van der Waals surface area contributed by atoms with E-state index in [-0.39, 0.29) is 18.5 Å². The summed E-state index contributed by atoms with van der Waals surface area (Å²) in [6, 6.07) is -0.637. The predicted octanol–water partition coefficient (Wildman–Crippen LogP) is 21.9. The highest BCUT2D eigenvalue weighted by Crippen LogP contribution is 2.18. The summed E-state index contributed by atoms with van der Waals surface area (Å²) in [7, 11) is 0. The van der Waals surface area contributed by atoms with E-state index in [1.807, 2.05) is 6.08 Å². The van der Waals surface area contributed by atoms with Gasteiger partial charge in [-0.1, -0.05) is 333 Å². The quantitative estimate of drug-likeness (QED) is 0.0320. The molecular formula is C70H133NO5. The van der Waals surface area contributed by atoms with Crippen LogP contribution >= 0.6 is 0 Å². The molecule has 0 bridgehead atoms. The van der Waals surface area contributed by atoms with Crippen LogP contribution in [0.3, 0.4) is 0 Å². The van der Waals surface area contributed by atoms with Gasteiger partial charge in [-0.15, -0.1) is 0 Å². The van der Waals surface area contributed by atoms with Crippen molar-refractivity contribution >= 4 is 11.9 Å². The van der Waals surface area contributed by atoms with Gasteiger partial charge in [-0.05, 0) is 64.2 Å². The van der Waals surface area contributed by atoms with Crippen LogP contribution in [0.1, 0.15) is 373 Å². The van der Waals surface area contributed by atoms with Gasteiger partial charge >= 0.3 is 5.97 Å². The van der Waals surface area contributed by atoms with E-state index in [9.17, 15) is 19.8 Å². The van der Waals surface area contributed by atoms with Crippen molar-refractivity contribution in [3.63, 3.8) is 0 Å². The Hall–Kier alpha value is -1.92. The number of carbonyl (C=O) groups excluding carboxylic acids is 2. The Bertz CT molecular complexity index is 1230. The van der Waals surface area contributed by atoms with Gasteiger partial charge in [0.2, 0.25) is 5.91 Å². The van der Waals surface area contributed by atoms with Crippen LogP contribution in [0.4, 0.5) is 0 Å². The molecule has 0 aliphatic heterocycles. The first-order valence-corrected chi connectivity index (χ1v) is 34.3. The Morgan fingerprint density at radius 1 is 0.368 bits per heavy atom. The molecule has 0 aromatic rings. The molecule has 6 heteroatoms. The molecule has 0 aromatic carbocycles. The zero-order valence-electron chi connectivity index (χ0n) is 51.3. The van der Waals surface area contributed by atoms with E-state index < -0.39 is 12.1 Å². The smallest absolute Gasteiger partial charge is 0.305 e. The molecule has 0 spiro atoms. The number of aliphatic hydroxyl groups is 2. The van der Waals surface area contributed by atoms with E-state index in [1.165, 1.54) is 289 Å². The van der Waals surface area contributed by atoms with E-state index in [1.54, 1.807) is 6.08 Å². The Kier molecular flexibility index (Phi) is 63.9. The number of amides is 1.